The van der Waals surface area contributed by atoms with Crippen molar-refractivity contribution in [1.82, 2.24) is 9.97 Å². The molecule has 0 unspecified atom stereocenters. The highest BCUT2D eigenvalue weighted by Crippen LogP contribution is 2.27. The average Bonchev–Trinajstić information content (AvgIpc) is 2.74. The van der Waals surface area contributed by atoms with Gasteiger partial charge in [0.15, 0.2) is 5.13 Å². The summed E-state index contributed by atoms with van der Waals surface area (Å²) >= 11 is 3.48. The number of nitrogens with one attached hydrogen (secondary N) is 1. The molecule has 0 aliphatic heterocycles. The standard InChI is InChI=1S/C13H17N3S2/c1-4-14-13-15-7-11(18-13)8-17-12-6-9(2)5-10(3)16-12/h5-7H,4,8H2,1-3H3,(H,14,15). The van der Waals surface area contributed by atoms with Crippen molar-refractivity contribution in [2.75, 3.05) is 11.9 Å². The van der Waals surface area contributed by atoms with Crippen LogP contribution in [-0.4, -0.2) is 16.5 Å². The fourth-order valence-corrected chi connectivity index (χ4v) is 3.56. The van der Waals surface area contributed by atoms with Crippen LogP contribution in [-0.2, 0) is 5.75 Å². The van der Waals surface area contributed by atoms with Crippen molar-refractivity contribution in [3.63, 3.8) is 0 Å². The molecule has 0 saturated carbocycles. The molecule has 0 fully saturated rings. The van der Waals surface area contributed by atoms with Crippen LogP contribution in [0.1, 0.15) is 23.1 Å². The van der Waals surface area contributed by atoms with Crippen molar-refractivity contribution in [2.24, 2.45) is 0 Å². The molecular formula is C13H17N3S2. The Balaban J connectivity index is 1.97. The lowest BCUT2D eigenvalue weighted by Gasteiger charge is -2.02. The summed E-state index contributed by atoms with van der Waals surface area (Å²) < 4.78 is 0. The van der Waals surface area contributed by atoms with E-state index in [1.54, 1.807) is 23.1 Å². The first kappa shape index (κ1) is 13.4. The Hall–Kier alpha value is -1.07. The van der Waals surface area contributed by atoms with Gasteiger partial charge in [0.25, 0.3) is 0 Å². The van der Waals surface area contributed by atoms with Crippen molar-refractivity contribution in [3.8, 4) is 0 Å². The van der Waals surface area contributed by atoms with E-state index in [1.807, 2.05) is 13.1 Å². The molecule has 0 aromatic carbocycles. The molecular weight excluding hydrogens is 262 g/mol. The van der Waals surface area contributed by atoms with E-state index < -0.39 is 0 Å². The SMILES string of the molecule is CCNc1ncc(CSc2cc(C)cc(C)n2)s1. The van der Waals surface area contributed by atoms with E-state index in [-0.39, 0.29) is 0 Å². The molecule has 2 heterocycles. The summed E-state index contributed by atoms with van der Waals surface area (Å²) in [6.07, 6.45) is 1.94. The maximum absolute atomic E-state index is 4.52. The van der Waals surface area contributed by atoms with Gasteiger partial charge in [-0.25, -0.2) is 9.97 Å². The number of rotatable bonds is 5. The first-order valence-corrected chi connectivity index (χ1v) is 7.74. The fourth-order valence-electron chi connectivity index (χ4n) is 1.63. The van der Waals surface area contributed by atoms with Crippen LogP contribution in [0.2, 0.25) is 0 Å². The third-order valence-corrected chi connectivity index (χ3v) is 4.42. The second kappa shape index (κ2) is 6.20. The molecule has 0 radical (unpaired) electrons. The van der Waals surface area contributed by atoms with Crippen molar-refractivity contribution < 1.29 is 0 Å². The van der Waals surface area contributed by atoms with E-state index in [9.17, 15) is 0 Å². The zero-order valence-electron chi connectivity index (χ0n) is 10.9. The van der Waals surface area contributed by atoms with E-state index in [4.69, 9.17) is 0 Å². The summed E-state index contributed by atoms with van der Waals surface area (Å²) in [7, 11) is 0. The molecule has 2 aromatic heterocycles. The smallest absolute Gasteiger partial charge is 0.182 e. The second-order valence-corrected chi connectivity index (χ2v) is 6.19. The number of aryl methyl sites for hydroxylation is 2. The van der Waals surface area contributed by atoms with Crippen LogP contribution in [0.5, 0.6) is 0 Å². The maximum atomic E-state index is 4.52. The number of thioether (sulfide) groups is 1. The van der Waals surface area contributed by atoms with E-state index >= 15 is 0 Å². The highest BCUT2D eigenvalue weighted by molar-refractivity contribution is 7.98. The molecule has 5 heteroatoms. The molecule has 2 rings (SSSR count). The topological polar surface area (TPSA) is 37.8 Å². The largest absolute Gasteiger partial charge is 0.362 e. The Morgan fingerprint density at radius 3 is 2.89 bits per heavy atom. The summed E-state index contributed by atoms with van der Waals surface area (Å²) in [5, 5.41) is 5.32. The lowest BCUT2D eigenvalue weighted by atomic mass is 10.3. The van der Waals surface area contributed by atoms with Gasteiger partial charge in [0, 0.05) is 29.1 Å². The number of thiazole rings is 1. The van der Waals surface area contributed by atoms with Gasteiger partial charge in [-0.05, 0) is 38.5 Å². The summed E-state index contributed by atoms with van der Waals surface area (Å²) in [5.74, 6) is 0.930. The van der Waals surface area contributed by atoms with Crippen molar-refractivity contribution >= 4 is 28.2 Å². The second-order valence-electron chi connectivity index (χ2n) is 4.07. The van der Waals surface area contributed by atoms with E-state index in [2.05, 4.69) is 41.3 Å². The Morgan fingerprint density at radius 1 is 1.33 bits per heavy atom. The zero-order valence-corrected chi connectivity index (χ0v) is 12.5. The quantitative estimate of drug-likeness (QED) is 0.843. The van der Waals surface area contributed by atoms with Crippen LogP contribution >= 0.6 is 23.1 Å². The van der Waals surface area contributed by atoms with Crippen LogP contribution in [0.4, 0.5) is 5.13 Å². The number of hydrogen-bond donors (Lipinski definition) is 1. The van der Waals surface area contributed by atoms with Gasteiger partial charge in [0.1, 0.15) is 0 Å². The van der Waals surface area contributed by atoms with Gasteiger partial charge < -0.3 is 5.32 Å². The summed E-state index contributed by atoms with van der Waals surface area (Å²) in [6.45, 7) is 7.13. The molecule has 18 heavy (non-hydrogen) atoms. The van der Waals surface area contributed by atoms with Gasteiger partial charge in [0.2, 0.25) is 0 Å². The van der Waals surface area contributed by atoms with Crippen molar-refractivity contribution in [3.05, 3.63) is 34.5 Å². The van der Waals surface area contributed by atoms with E-state index in [0.717, 1.165) is 28.1 Å². The Kier molecular flexibility index (Phi) is 4.60. The Labute approximate surface area is 116 Å². The van der Waals surface area contributed by atoms with Gasteiger partial charge in [-0.15, -0.1) is 23.1 Å². The van der Waals surface area contributed by atoms with Gasteiger partial charge in [0.05, 0.1) is 5.03 Å². The number of pyridine rings is 1. The van der Waals surface area contributed by atoms with E-state index in [0.29, 0.717) is 0 Å². The molecule has 3 nitrogen and oxygen atoms in total. The maximum Gasteiger partial charge on any atom is 0.182 e. The van der Waals surface area contributed by atoms with Crippen LogP contribution in [0, 0.1) is 13.8 Å². The molecule has 96 valence electrons. The highest BCUT2D eigenvalue weighted by Gasteiger charge is 2.03. The molecule has 0 atom stereocenters. The van der Waals surface area contributed by atoms with E-state index in [1.165, 1.54) is 10.4 Å². The first-order valence-electron chi connectivity index (χ1n) is 5.94. The number of anilines is 1. The number of aromatic nitrogens is 2. The van der Waals surface area contributed by atoms with Gasteiger partial charge >= 0.3 is 0 Å². The minimum absolute atomic E-state index is 0.915. The van der Waals surface area contributed by atoms with Crippen LogP contribution in [0.15, 0.2) is 23.4 Å². The molecule has 0 spiro atoms. The lowest BCUT2D eigenvalue weighted by Crippen LogP contribution is -1.94. The third kappa shape index (κ3) is 3.71. The average molecular weight is 279 g/mol. The van der Waals surface area contributed by atoms with Crippen molar-refractivity contribution in [2.45, 2.75) is 31.6 Å². The molecule has 1 N–H and O–H groups in total. The van der Waals surface area contributed by atoms with Gasteiger partial charge in [-0.2, -0.15) is 0 Å². The Morgan fingerprint density at radius 2 is 2.17 bits per heavy atom. The van der Waals surface area contributed by atoms with Crippen molar-refractivity contribution in [1.29, 1.82) is 0 Å². The summed E-state index contributed by atoms with van der Waals surface area (Å²) in [5.41, 5.74) is 2.35. The van der Waals surface area contributed by atoms with Gasteiger partial charge in [-0.3, -0.25) is 0 Å². The number of nitrogens with zero attached hydrogens (tertiary/aromatic N) is 2. The molecule has 0 aliphatic carbocycles. The molecule has 0 aliphatic rings. The zero-order chi connectivity index (χ0) is 13.0. The lowest BCUT2D eigenvalue weighted by molar-refractivity contribution is 1.05. The predicted octanol–water partition coefficient (Wildman–Crippen LogP) is 3.88. The number of hydrogen-bond acceptors (Lipinski definition) is 5. The highest BCUT2D eigenvalue weighted by atomic mass is 32.2. The van der Waals surface area contributed by atoms with Crippen LogP contribution < -0.4 is 5.32 Å². The molecule has 2 aromatic rings. The minimum atomic E-state index is 0.915. The summed E-state index contributed by atoms with van der Waals surface area (Å²) in [6, 6.07) is 4.23. The molecule has 0 amide bonds. The normalized spacial score (nSPS) is 10.6. The van der Waals surface area contributed by atoms with Crippen LogP contribution in [0.25, 0.3) is 0 Å². The third-order valence-electron chi connectivity index (χ3n) is 2.32. The minimum Gasteiger partial charge on any atom is -0.362 e. The predicted molar refractivity (Wildman–Crippen MR) is 79.5 cm³/mol. The first-order chi connectivity index (χ1) is 8.67. The van der Waals surface area contributed by atoms with Gasteiger partial charge in [-0.1, -0.05) is 0 Å². The Bertz CT molecular complexity index is 502. The van der Waals surface area contributed by atoms with Crippen LogP contribution in [0.3, 0.4) is 0 Å². The molecule has 0 saturated heterocycles. The summed E-state index contributed by atoms with van der Waals surface area (Å²) in [4.78, 5) is 10.1. The fraction of sp³-hybridized carbons (Fsp3) is 0.385. The monoisotopic (exact) mass is 279 g/mol. The molecule has 0 bridgehead atoms.